The zero-order chi connectivity index (χ0) is 12.3. The summed E-state index contributed by atoms with van der Waals surface area (Å²) in [5.41, 5.74) is 2.88. The van der Waals surface area contributed by atoms with Gasteiger partial charge in [-0.25, -0.2) is 0 Å². The SMILES string of the molecule is COc1cccc(-c2ccc(O)cc2)c1C=S. The Balaban J connectivity index is 2.58. The zero-order valence-electron chi connectivity index (χ0n) is 9.38. The number of phenols is 1. The largest absolute Gasteiger partial charge is 0.508 e. The van der Waals surface area contributed by atoms with Gasteiger partial charge in [-0.05, 0) is 29.3 Å². The monoisotopic (exact) mass is 244 g/mol. The van der Waals surface area contributed by atoms with Crippen LogP contribution in [0.3, 0.4) is 0 Å². The molecule has 0 bridgehead atoms. The number of aromatic hydroxyl groups is 1. The van der Waals surface area contributed by atoms with Crippen molar-refractivity contribution in [2.75, 3.05) is 7.11 Å². The van der Waals surface area contributed by atoms with Crippen LogP contribution in [-0.4, -0.2) is 17.6 Å². The lowest BCUT2D eigenvalue weighted by atomic mass is 10.00. The van der Waals surface area contributed by atoms with E-state index in [1.54, 1.807) is 24.6 Å². The molecule has 2 rings (SSSR count). The molecule has 3 heteroatoms. The van der Waals surface area contributed by atoms with E-state index < -0.39 is 0 Å². The molecule has 0 fully saturated rings. The van der Waals surface area contributed by atoms with Crippen molar-refractivity contribution in [3.05, 3.63) is 48.0 Å². The topological polar surface area (TPSA) is 29.5 Å². The molecule has 0 aliphatic heterocycles. The average Bonchev–Trinajstić information content (AvgIpc) is 2.38. The smallest absolute Gasteiger partial charge is 0.127 e. The highest BCUT2D eigenvalue weighted by molar-refractivity contribution is 7.79. The molecule has 0 radical (unpaired) electrons. The highest BCUT2D eigenvalue weighted by atomic mass is 32.1. The maximum absolute atomic E-state index is 9.28. The van der Waals surface area contributed by atoms with E-state index in [1.807, 2.05) is 30.3 Å². The number of phenolic OH excluding ortho intramolecular Hbond substituents is 1. The third-order valence-corrected chi connectivity index (χ3v) is 2.82. The van der Waals surface area contributed by atoms with Crippen LogP contribution in [0.2, 0.25) is 0 Å². The maximum Gasteiger partial charge on any atom is 0.127 e. The number of hydrogen-bond acceptors (Lipinski definition) is 3. The molecule has 0 atom stereocenters. The molecule has 0 spiro atoms. The molecule has 2 nitrogen and oxygen atoms in total. The molecule has 0 aliphatic rings. The van der Waals surface area contributed by atoms with Gasteiger partial charge >= 0.3 is 0 Å². The van der Waals surface area contributed by atoms with Crippen LogP contribution in [0.1, 0.15) is 5.56 Å². The van der Waals surface area contributed by atoms with E-state index in [-0.39, 0.29) is 5.75 Å². The quantitative estimate of drug-likeness (QED) is 0.839. The number of hydrogen-bond donors (Lipinski definition) is 1. The van der Waals surface area contributed by atoms with Crippen molar-refractivity contribution in [1.29, 1.82) is 0 Å². The molecule has 2 aromatic rings. The first kappa shape index (κ1) is 11.6. The maximum atomic E-state index is 9.28. The minimum atomic E-state index is 0.251. The summed E-state index contributed by atoms with van der Waals surface area (Å²) in [6.07, 6.45) is 0. The summed E-state index contributed by atoms with van der Waals surface area (Å²) in [5.74, 6) is 1.01. The summed E-state index contributed by atoms with van der Waals surface area (Å²) < 4.78 is 5.27. The second kappa shape index (κ2) is 4.97. The van der Waals surface area contributed by atoms with Gasteiger partial charge in [-0.15, -0.1) is 0 Å². The Kier molecular flexibility index (Phi) is 3.40. The van der Waals surface area contributed by atoms with Crippen molar-refractivity contribution in [2.24, 2.45) is 0 Å². The fourth-order valence-electron chi connectivity index (χ4n) is 1.74. The highest BCUT2D eigenvalue weighted by Crippen LogP contribution is 2.30. The van der Waals surface area contributed by atoms with Gasteiger partial charge in [0.05, 0.1) is 7.11 Å². The molecule has 0 amide bonds. The first-order valence-corrected chi connectivity index (χ1v) is 5.65. The Morgan fingerprint density at radius 3 is 2.41 bits per heavy atom. The van der Waals surface area contributed by atoms with E-state index in [2.05, 4.69) is 0 Å². The molecule has 0 aliphatic carbocycles. The summed E-state index contributed by atoms with van der Waals surface area (Å²) >= 11 is 5.03. The lowest BCUT2D eigenvalue weighted by molar-refractivity contribution is 0.414. The van der Waals surface area contributed by atoms with Crippen LogP contribution in [0, 0.1) is 0 Å². The van der Waals surface area contributed by atoms with Crippen LogP contribution < -0.4 is 4.74 Å². The predicted molar refractivity (Wildman–Crippen MR) is 72.9 cm³/mol. The standard InChI is InChI=1S/C14H12O2S/c1-16-14-4-2-3-12(13(14)9-17)10-5-7-11(15)8-6-10/h2-9,15H,1H3. The lowest BCUT2D eigenvalue weighted by Gasteiger charge is -2.10. The van der Waals surface area contributed by atoms with Crippen molar-refractivity contribution in [1.82, 2.24) is 0 Å². The molecule has 1 N–H and O–H groups in total. The van der Waals surface area contributed by atoms with Gasteiger partial charge in [0, 0.05) is 10.9 Å². The molecule has 0 saturated carbocycles. The van der Waals surface area contributed by atoms with E-state index in [4.69, 9.17) is 17.0 Å². The third-order valence-electron chi connectivity index (χ3n) is 2.58. The summed E-state index contributed by atoms with van der Waals surface area (Å²) in [4.78, 5) is 0. The van der Waals surface area contributed by atoms with E-state index in [0.29, 0.717) is 0 Å². The number of methoxy groups -OCH3 is 1. The van der Waals surface area contributed by atoms with E-state index >= 15 is 0 Å². The number of thiocarbonyl (C=S) groups is 1. The van der Waals surface area contributed by atoms with Gasteiger partial charge in [0.2, 0.25) is 0 Å². The second-order valence-electron chi connectivity index (χ2n) is 3.59. The van der Waals surface area contributed by atoms with Crippen LogP contribution >= 0.6 is 12.2 Å². The fourth-order valence-corrected chi connectivity index (χ4v) is 1.98. The molecule has 0 heterocycles. The van der Waals surface area contributed by atoms with Crippen LogP contribution in [0.4, 0.5) is 0 Å². The van der Waals surface area contributed by atoms with Crippen molar-refractivity contribution >= 4 is 17.6 Å². The van der Waals surface area contributed by atoms with E-state index in [9.17, 15) is 5.11 Å². The number of benzene rings is 2. The van der Waals surface area contributed by atoms with Crippen LogP contribution in [0.5, 0.6) is 11.5 Å². The molecule has 0 aromatic heterocycles. The third kappa shape index (κ3) is 2.29. The van der Waals surface area contributed by atoms with Crippen molar-refractivity contribution < 1.29 is 9.84 Å². The second-order valence-corrected chi connectivity index (χ2v) is 3.82. The molecule has 86 valence electrons. The van der Waals surface area contributed by atoms with Crippen LogP contribution in [0.15, 0.2) is 42.5 Å². The summed E-state index contributed by atoms with van der Waals surface area (Å²) in [7, 11) is 1.62. The Hall–Kier alpha value is -1.87. The normalized spacial score (nSPS) is 9.94. The lowest BCUT2D eigenvalue weighted by Crippen LogP contribution is -1.93. The highest BCUT2D eigenvalue weighted by Gasteiger charge is 2.08. The molecule has 17 heavy (non-hydrogen) atoms. The number of rotatable bonds is 3. The van der Waals surface area contributed by atoms with Gasteiger partial charge in [-0.3, -0.25) is 0 Å². The first-order chi connectivity index (χ1) is 8.26. The fraction of sp³-hybridized carbons (Fsp3) is 0.0714. The summed E-state index contributed by atoms with van der Waals surface area (Å²) in [6.45, 7) is 0. The van der Waals surface area contributed by atoms with E-state index in [0.717, 1.165) is 22.4 Å². The molecular formula is C14H12O2S. The van der Waals surface area contributed by atoms with Gasteiger partial charge in [0.1, 0.15) is 11.5 Å². The molecule has 0 saturated heterocycles. The van der Waals surface area contributed by atoms with Gasteiger partial charge in [-0.2, -0.15) is 0 Å². The zero-order valence-corrected chi connectivity index (χ0v) is 10.2. The van der Waals surface area contributed by atoms with Crippen LogP contribution in [-0.2, 0) is 0 Å². The Labute approximate surface area is 105 Å². The van der Waals surface area contributed by atoms with Gasteiger partial charge in [0.25, 0.3) is 0 Å². The summed E-state index contributed by atoms with van der Waals surface area (Å²) in [6, 6.07) is 12.8. The predicted octanol–water partition coefficient (Wildman–Crippen LogP) is 3.42. The number of ether oxygens (including phenoxy) is 1. The average molecular weight is 244 g/mol. The van der Waals surface area contributed by atoms with Gasteiger partial charge < -0.3 is 9.84 Å². The minimum absolute atomic E-state index is 0.251. The minimum Gasteiger partial charge on any atom is -0.508 e. The molecule has 0 unspecified atom stereocenters. The Morgan fingerprint density at radius 2 is 1.82 bits per heavy atom. The van der Waals surface area contributed by atoms with Crippen LogP contribution in [0.25, 0.3) is 11.1 Å². The molecular weight excluding hydrogens is 232 g/mol. The summed E-state index contributed by atoms with van der Waals surface area (Å²) in [5, 5.41) is 10.9. The van der Waals surface area contributed by atoms with E-state index in [1.165, 1.54) is 0 Å². The van der Waals surface area contributed by atoms with Crippen molar-refractivity contribution in [3.63, 3.8) is 0 Å². The Bertz CT molecular complexity index is 532. The van der Waals surface area contributed by atoms with Crippen molar-refractivity contribution in [2.45, 2.75) is 0 Å². The van der Waals surface area contributed by atoms with Gasteiger partial charge in [-0.1, -0.05) is 36.5 Å². The van der Waals surface area contributed by atoms with Gasteiger partial charge in [0.15, 0.2) is 0 Å². The van der Waals surface area contributed by atoms with Crippen molar-refractivity contribution in [3.8, 4) is 22.6 Å². The first-order valence-electron chi connectivity index (χ1n) is 5.18. The Morgan fingerprint density at radius 1 is 1.12 bits per heavy atom. The molecule has 2 aromatic carbocycles.